The predicted octanol–water partition coefficient (Wildman–Crippen LogP) is 2.24. The first-order chi connectivity index (χ1) is 12.5. The van der Waals surface area contributed by atoms with Crippen molar-refractivity contribution < 1.29 is 23.8 Å². The highest BCUT2D eigenvalue weighted by Gasteiger charge is 2.22. The molecule has 1 heterocycles. The molecule has 0 unspecified atom stereocenters. The molecule has 2 aromatic carbocycles. The SMILES string of the molecule is COc1ccc(CC(=O)Nc2ccc3c(c2)N(C)C(=O)CO3)c(OC)c1. The summed E-state index contributed by atoms with van der Waals surface area (Å²) in [5.41, 5.74) is 1.96. The number of hydrogen-bond donors (Lipinski definition) is 1. The molecule has 2 amide bonds. The molecule has 7 heteroatoms. The van der Waals surface area contributed by atoms with Gasteiger partial charge in [-0.3, -0.25) is 9.59 Å². The zero-order valence-corrected chi connectivity index (χ0v) is 14.9. The molecule has 136 valence electrons. The van der Waals surface area contributed by atoms with Crippen LogP contribution in [0.2, 0.25) is 0 Å². The van der Waals surface area contributed by atoms with Crippen LogP contribution < -0.4 is 24.4 Å². The quantitative estimate of drug-likeness (QED) is 0.889. The van der Waals surface area contributed by atoms with E-state index in [0.29, 0.717) is 28.6 Å². The Hall–Kier alpha value is -3.22. The van der Waals surface area contributed by atoms with E-state index in [1.165, 1.54) is 4.90 Å². The van der Waals surface area contributed by atoms with Crippen molar-refractivity contribution in [3.05, 3.63) is 42.0 Å². The maximum Gasteiger partial charge on any atom is 0.264 e. The fourth-order valence-electron chi connectivity index (χ4n) is 2.73. The lowest BCUT2D eigenvalue weighted by Crippen LogP contribution is -2.35. The molecule has 7 nitrogen and oxygen atoms in total. The van der Waals surface area contributed by atoms with Crippen LogP contribution in [-0.2, 0) is 16.0 Å². The molecule has 0 spiro atoms. The highest BCUT2D eigenvalue weighted by atomic mass is 16.5. The Morgan fingerprint density at radius 3 is 2.73 bits per heavy atom. The minimum Gasteiger partial charge on any atom is -0.497 e. The number of likely N-dealkylation sites (N-methyl/N-ethyl adjacent to an activating group) is 1. The van der Waals surface area contributed by atoms with Gasteiger partial charge in [0.05, 0.1) is 26.3 Å². The zero-order valence-electron chi connectivity index (χ0n) is 14.9. The van der Waals surface area contributed by atoms with Gasteiger partial charge in [0.2, 0.25) is 5.91 Å². The van der Waals surface area contributed by atoms with Crippen LogP contribution in [0.3, 0.4) is 0 Å². The van der Waals surface area contributed by atoms with E-state index in [9.17, 15) is 9.59 Å². The van der Waals surface area contributed by atoms with Gasteiger partial charge in [-0.05, 0) is 24.3 Å². The van der Waals surface area contributed by atoms with Gasteiger partial charge in [-0.1, -0.05) is 6.07 Å². The average Bonchev–Trinajstić information content (AvgIpc) is 2.65. The first kappa shape index (κ1) is 17.6. The topological polar surface area (TPSA) is 77.1 Å². The van der Waals surface area contributed by atoms with E-state index in [0.717, 1.165) is 5.56 Å². The summed E-state index contributed by atoms with van der Waals surface area (Å²) in [7, 11) is 4.80. The second-order valence-corrected chi connectivity index (χ2v) is 5.83. The number of carbonyl (C=O) groups is 2. The molecule has 1 aliphatic rings. The van der Waals surface area contributed by atoms with Gasteiger partial charge in [-0.25, -0.2) is 0 Å². The van der Waals surface area contributed by atoms with Gasteiger partial charge in [-0.15, -0.1) is 0 Å². The summed E-state index contributed by atoms with van der Waals surface area (Å²) in [6.07, 6.45) is 0.148. The standard InChI is InChI=1S/C19H20N2O5/c1-21-15-9-13(5-7-16(15)26-11-19(21)23)20-18(22)8-12-4-6-14(24-2)10-17(12)25-3/h4-7,9-10H,8,11H2,1-3H3,(H,20,22). The fourth-order valence-corrected chi connectivity index (χ4v) is 2.73. The van der Waals surface area contributed by atoms with Crippen molar-refractivity contribution in [2.24, 2.45) is 0 Å². The van der Waals surface area contributed by atoms with Crippen LogP contribution in [0.15, 0.2) is 36.4 Å². The third-order valence-electron chi connectivity index (χ3n) is 4.17. The Kier molecular flexibility index (Phi) is 4.97. The molecular weight excluding hydrogens is 336 g/mol. The summed E-state index contributed by atoms with van der Waals surface area (Å²) in [6, 6.07) is 10.5. The molecule has 2 aromatic rings. The molecule has 0 aromatic heterocycles. The highest BCUT2D eigenvalue weighted by molar-refractivity contribution is 5.99. The first-order valence-electron chi connectivity index (χ1n) is 8.06. The maximum atomic E-state index is 12.4. The Morgan fingerprint density at radius 1 is 1.19 bits per heavy atom. The Labute approximate surface area is 151 Å². The number of amides is 2. The first-order valence-corrected chi connectivity index (χ1v) is 8.06. The lowest BCUT2D eigenvalue weighted by atomic mass is 10.1. The van der Waals surface area contributed by atoms with E-state index in [1.54, 1.807) is 57.7 Å². The number of rotatable bonds is 5. The average molecular weight is 356 g/mol. The Balaban J connectivity index is 1.74. The molecule has 0 saturated carbocycles. The molecule has 26 heavy (non-hydrogen) atoms. The summed E-state index contributed by atoms with van der Waals surface area (Å²) in [5.74, 6) is 1.53. The Bertz CT molecular complexity index is 850. The van der Waals surface area contributed by atoms with Crippen molar-refractivity contribution in [1.82, 2.24) is 0 Å². The number of benzene rings is 2. The van der Waals surface area contributed by atoms with Crippen molar-refractivity contribution >= 4 is 23.2 Å². The normalized spacial score (nSPS) is 12.9. The molecule has 0 aliphatic carbocycles. The van der Waals surface area contributed by atoms with E-state index in [1.807, 2.05) is 0 Å². The molecule has 3 rings (SSSR count). The molecule has 1 aliphatic heterocycles. The minimum atomic E-state index is -0.195. The zero-order chi connectivity index (χ0) is 18.7. The summed E-state index contributed by atoms with van der Waals surface area (Å²) < 4.78 is 15.9. The summed E-state index contributed by atoms with van der Waals surface area (Å²) in [5, 5.41) is 2.84. The highest BCUT2D eigenvalue weighted by Crippen LogP contribution is 2.33. The van der Waals surface area contributed by atoms with Gasteiger partial charge in [0, 0.05) is 24.4 Å². The van der Waals surface area contributed by atoms with Gasteiger partial charge in [0.15, 0.2) is 6.61 Å². The summed E-state index contributed by atoms with van der Waals surface area (Å²) in [6.45, 7) is 0.0203. The number of anilines is 2. The number of ether oxygens (including phenoxy) is 3. The lowest BCUT2D eigenvalue weighted by Gasteiger charge is -2.26. The van der Waals surface area contributed by atoms with E-state index in [4.69, 9.17) is 14.2 Å². The monoisotopic (exact) mass is 356 g/mol. The molecule has 0 bridgehead atoms. The van der Waals surface area contributed by atoms with E-state index in [-0.39, 0.29) is 24.8 Å². The number of fused-ring (bicyclic) bond motifs is 1. The van der Waals surface area contributed by atoms with Gasteiger partial charge in [-0.2, -0.15) is 0 Å². The van der Waals surface area contributed by atoms with Crippen molar-refractivity contribution in [2.75, 3.05) is 38.1 Å². The molecule has 0 radical (unpaired) electrons. The summed E-state index contributed by atoms with van der Waals surface area (Å²) in [4.78, 5) is 25.7. The smallest absolute Gasteiger partial charge is 0.264 e. The third kappa shape index (κ3) is 3.56. The van der Waals surface area contributed by atoms with Gasteiger partial charge in [0.25, 0.3) is 5.91 Å². The lowest BCUT2D eigenvalue weighted by molar-refractivity contribution is -0.121. The van der Waals surface area contributed by atoms with Crippen LogP contribution in [0.1, 0.15) is 5.56 Å². The second-order valence-electron chi connectivity index (χ2n) is 5.83. The number of methoxy groups -OCH3 is 2. The van der Waals surface area contributed by atoms with Crippen LogP contribution in [0, 0.1) is 0 Å². The van der Waals surface area contributed by atoms with Crippen LogP contribution in [0.4, 0.5) is 11.4 Å². The number of hydrogen-bond acceptors (Lipinski definition) is 5. The molecule has 0 saturated heterocycles. The Morgan fingerprint density at radius 2 is 2.00 bits per heavy atom. The second kappa shape index (κ2) is 7.35. The summed E-state index contributed by atoms with van der Waals surface area (Å²) >= 11 is 0. The third-order valence-corrected chi connectivity index (χ3v) is 4.17. The van der Waals surface area contributed by atoms with Gasteiger partial charge >= 0.3 is 0 Å². The minimum absolute atomic E-state index is 0.0203. The van der Waals surface area contributed by atoms with Crippen LogP contribution in [-0.4, -0.2) is 39.7 Å². The fraction of sp³-hybridized carbons (Fsp3) is 0.263. The molecular formula is C19H20N2O5. The van der Waals surface area contributed by atoms with Crippen molar-refractivity contribution in [3.63, 3.8) is 0 Å². The van der Waals surface area contributed by atoms with Gasteiger partial charge in [0.1, 0.15) is 17.2 Å². The van der Waals surface area contributed by atoms with Crippen molar-refractivity contribution in [1.29, 1.82) is 0 Å². The molecule has 0 fully saturated rings. The van der Waals surface area contributed by atoms with Crippen LogP contribution in [0.25, 0.3) is 0 Å². The predicted molar refractivity (Wildman–Crippen MR) is 97.2 cm³/mol. The van der Waals surface area contributed by atoms with E-state index in [2.05, 4.69) is 5.32 Å². The number of nitrogens with one attached hydrogen (secondary N) is 1. The van der Waals surface area contributed by atoms with E-state index >= 15 is 0 Å². The van der Waals surface area contributed by atoms with Crippen LogP contribution >= 0.6 is 0 Å². The number of carbonyl (C=O) groups excluding carboxylic acids is 2. The molecule has 0 atom stereocenters. The van der Waals surface area contributed by atoms with E-state index < -0.39 is 0 Å². The number of nitrogens with zero attached hydrogens (tertiary/aromatic N) is 1. The maximum absolute atomic E-state index is 12.4. The van der Waals surface area contributed by atoms with Crippen molar-refractivity contribution in [3.8, 4) is 17.2 Å². The molecule has 1 N–H and O–H groups in total. The largest absolute Gasteiger partial charge is 0.497 e. The van der Waals surface area contributed by atoms with Crippen LogP contribution in [0.5, 0.6) is 17.2 Å². The van der Waals surface area contributed by atoms with Gasteiger partial charge < -0.3 is 24.4 Å². The van der Waals surface area contributed by atoms with Crippen molar-refractivity contribution in [2.45, 2.75) is 6.42 Å².